The van der Waals surface area contributed by atoms with E-state index in [1.807, 2.05) is 24.3 Å². The molecule has 2 aromatic carbocycles. The van der Waals surface area contributed by atoms with E-state index in [1.165, 1.54) is 11.6 Å². The zero-order chi connectivity index (χ0) is 20.3. The van der Waals surface area contributed by atoms with Gasteiger partial charge in [0.1, 0.15) is 17.4 Å². The molecule has 7 nitrogen and oxygen atoms in total. The highest BCUT2D eigenvalue weighted by Crippen LogP contribution is 2.29. The Morgan fingerprint density at radius 3 is 2.54 bits per heavy atom. The zero-order valence-electron chi connectivity index (χ0n) is 15.5. The van der Waals surface area contributed by atoms with E-state index in [4.69, 9.17) is 5.11 Å². The number of hydrogen-bond acceptors (Lipinski definition) is 5. The van der Waals surface area contributed by atoms with Crippen LogP contribution in [0.5, 0.6) is 5.75 Å². The van der Waals surface area contributed by atoms with Crippen molar-refractivity contribution in [3.8, 4) is 5.75 Å². The number of carboxylic acid groups (broad SMARTS) is 1. The molecule has 1 aliphatic rings. The van der Waals surface area contributed by atoms with E-state index in [-0.39, 0.29) is 17.7 Å². The first-order valence-corrected chi connectivity index (χ1v) is 9.19. The van der Waals surface area contributed by atoms with Crippen molar-refractivity contribution in [1.82, 2.24) is 0 Å². The summed E-state index contributed by atoms with van der Waals surface area (Å²) in [6.07, 6.45) is 3.20. The fourth-order valence-corrected chi connectivity index (χ4v) is 3.20. The van der Waals surface area contributed by atoms with Crippen molar-refractivity contribution in [1.29, 1.82) is 0 Å². The van der Waals surface area contributed by atoms with Crippen LogP contribution in [0.25, 0.3) is 0 Å². The lowest BCUT2D eigenvalue weighted by atomic mass is 10.1. The second-order valence-corrected chi connectivity index (χ2v) is 6.78. The maximum absolute atomic E-state index is 12.7. The summed E-state index contributed by atoms with van der Waals surface area (Å²) in [5, 5.41) is 21.8. The van der Waals surface area contributed by atoms with Gasteiger partial charge < -0.3 is 15.5 Å². The minimum atomic E-state index is -1.34. The maximum Gasteiger partial charge on any atom is 0.339 e. The summed E-state index contributed by atoms with van der Waals surface area (Å²) < 4.78 is 0. The van der Waals surface area contributed by atoms with E-state index in [2.05, 4.69) is 12.2 Å². The van der Waals surface area contributed by atoms with E-state index in [0.29, 0.717) is 0 Å². The summed E-state index contributed by atoms with van der Waals surface area (Å²) in [4.78, 5) is 37.3. The smallest absolute Gasteiger partial charge is 0.339 e. The summed E-state index contributed by atoms with van der Waals surface area (Å²) in [6, 6.07) is 10.7. The first-order valence-electron chi connectivity index (χ1n) is 9.19. The SMILES string of the molecule is CCCCc1ccc(NC2CC(=O)N(c3ccc(O)c(C(=O)O)c3)C2=O)cc1. The summed E-state index contributed by atoms with van der Waals surface area (Å²) in [6.45, 7) is 2.14. The Morgan fingerprint density at radius 1 is 1.18 bits per heavy atom. The first-order chi connectivity index (χ1) is 13.4. The lowest BCUT2D eigenvalue weighted by Gasteiger charge is -2.17. The van der Waals surface area contributed by atoms with Crippen LogP contribution in [-0.2, 0) is 16.0 Å². The number of aryl methyl sites for hydroxylation is 1. The van der Waals surface area contributed by atoms with Gasteiger partial charge in [0, 0.05) is 5.69 Å². The lowest BCUT2D eigenvalue weighted by Crippen LogP contribution is -2.34. The molecular weight excluding hydrogens is 360 g/mol. The highest BCUT2D eigenvalue weighted by molar-refractivity contribution is 6.23. The average Bonchev–Trinajstić information content (AvgIpc) is 2.95. The largest absolute Gasteiger partial charge is 0.507 e. The van der Waals surface area contributed by atoms with E-state index >= 15 is 0 Å². The van der Waals surface area contributed by atoms with Gasteiger partial charge in [-0.15, -0.1) is 0 Å². The predicted octanol–water partition coefficient (Wildman–Crippen LogP) is 3.18. The topological polar surface area (TPSA) is 107 Å². The Bertz CT molecular complexity index is 908. The van der Waals surface area contributed by atoms with Crippen LogP contribution in [0, 0.1) is 0 Å². The Labute approximate surface area is 162 Å². The minimum absolute atomic E-state index is 0.0281. The number of phenols is 1. The predicted molar refractivity (Wildman–Crippen MR) is 105 cm³/mol. The number of nitrogens with zero attached hydrogens (tertiary/aromatic N) is 1. The van der Waals surface area contributed by atoms with Gasteiger partial charge >= 0.3 is 5.97 Å². The lowest BCUT2D eigenvalue weighted by molar-refractivity contribution is -0.121. The number of aromatic hydroxyl groups is 1. The van der Waals surface area contributed by atoms with Crippen molar-refractivity contribution in [2.45, 2.75) is 38.6 Å². The molecule has 2 amide bonds. The molecule has 7 heteroatoms. The molecule has 1 fully saturated rings. The molecule has 28 heavy (non-hydrogen) atoms. The summed E-state index contributed by atoms with van der Waals surface area (Å²) in [7, 11) is 0. The van der Waals surface area contributed by atoms with Crippen LogP contribution in [0.15, 0.2) is 42.5 Å². The first kappa shape index (κ1) is 19.4. The van der Waals surface area contributed by atoms with Crippen molar-refractivity contribution in [3.63, 3.8) is 0 Å². The van der Waals surface area contributed by atoms with Crippen LogP contribution in [0.4, 0.5) is 11.4 Å². The van der Waals surface area contributed by atoms with Gasteiger partial charge in [0.25, 0.3) is 5.91 Å². The third-order valence-electron chi connectivity index (χ3n) is 4.73. The van der Waals surface area contributed by atoms with E-state index in [1.54, 1.807) is 0 Å². The third kappa shape index (κ3) is 3.98. The molecule has 1 saturated heterocycles. The highest BCUT2D eigenvalue weighted by atomic mass is 16.4. The van der Waals surface area contributed by atoms with Gasteiger partial charge in [0.05, 0.1) is 12.1 Å². The number of anilines is 2. The van der Waals surface area contributed by atoms with Gasteiger partial charge in [-0.05, 0) is 48.7 Å². The van der Waals surface area contributed by atoms with E-state index in [0.717, 1.165) is 42.0 Å². The van der Waals surface area contributed by atoms with E-state index < -0.39 is 29.6 Å². The van der Waals surface area contributed by atoms with Crippen LogP contribution in [-0.4, -0.2) is 34.0 Å². The Morgan fingerprint density at radius 2 is 1.89 bits per heavy atom. The normalized spacial score (nSPS) is 16.5. The minimum Gasteiger partial charge on any atom is -0.507 e. The molecule has 0 spiro atoms. The molecule has 1 atom stereocenters. The van der Waals surface area contributed by atoms with Gasteiger partial charge in [-0.3, -0.25) is 9.59 Å². The van der Waals surface area contributed by atoms with E-state index in [9.17, 15) is 19.5 Å². The second-order valence-electron chi connectivity index (χ2n) is 6.78. The highest BCUT2D eigenvalue weighted by Gasteiger charge is 2.40. The number of amides is 2. The quantitative estimate of drug-likeness (QED) is 0.635. The Kier molecular flexibility index (Phi) is 5.63. The van der Waals surface area contributed by atoms with Gasteiger partial charge in [-0.2, -0.15) is 0 Å². The molecule has 3 rings (SSSR count). The maximum atomic E-state index is 12.7. The van der Waals surface area contributed by atoms with Gasteiger partial charge in [0.15, 0.2) is 0 Å². The molecule has 0 aliphatic carbocycles. The monoisotopic (exact) mass is 382 g/mol. The summed E-state index contributed by atoms with van der Waals surface area (Å²) >= 11 is 0. The molecule has 0 radical (unpaired) electrons. The van der Waals surface area contributed by atoms with Crippen molar-refractivity contribution in [2.75, 3.05) is 10.2 Å². The average molecular weight is 382 g/mol. The fourth-order valence-electron chi connectivity index (χ4n) is 3.20. The van der Waals surface area contributed by atoms with Crippen molar-refractivity contribution < 1.29 is 24.6 Å². The van der Waals surface area contributed by atoms with Gasteiger partial charge in [0.2, 0.25) is 5.91 Å². The van der Waals surface area contributed by atoms with Gasteiger partial charge in [-0.1, -0.05) is 25.5 Å². The van der Waals surface area contributed by atoms with Crippen molar-refractivity contribution in [2.24, 2.45) is 0 Å². The van der Waals surface area contributed by atoms with Gasteiger partial charge in [-0.25, -0.2) is 9.69 Å². The molecule has 1 aliphatic heterocycles. The number of rotatable bonds is 7. The Balaban J connectivity index is 1.75. The van der Waals surface area contributed by atoms with Crippen LogP contribution in [0.1, 0.15) is 42.1 Å². The number of nitrogens with one attached hydrogen (secondary N) is 1. The molecular formula is C21H22N2O5. The number of carboxylic acids is 1. The summed E-state index contributed by atoms with van der Waals surface area (Å²) in [5.74, 6) is -2.64. The molecule has 1 heterocycles. The van der Waals surface area contributed by atoms with Crippen molar-refractivity contribution in [3.05, 3.63) is 53.6 Å². The number of carbonyl (C=O) groups is 3. The third-order valence-corrected chi connectivity index (χ3v) is 4.73. The second kappa shape index (κ2) is 8.12. The zero-order valence-corrected chi connectivity index (χ0v) is 15.5. The van der Waals surface area contributed by atoms with Crippen LogP contribution in [0.3, 0.4) is 0 Å². The molecule has 1 unspecified atom stereocenters. The molecule has 0 bridgehead atoms. The van der Waals surface area contributed by atoms with Crippen LogP contribution >= 0.6 is 0 Å². The number of imide groups is 1. The molecule has 0 saturated carbocycles. The molecule has 146 valence electrons. The molecule has 3 N–H and O–H groups in total. The van der Waals surface area contributed by atoms with Crippen molar-refractivity contribution >= 4 is 29.2 Å². The Hall–Kier alpha value is -3.35. The standard InChI is InChI=1S/C21H22N2O5/c1-2-3-4-13-5-7-14(8-6-13)22-17-12-19(25)23(20(17)26)15-9-10-18(24)16(11-15)21(27)28/h5-11,17,22,24H,2-4,12H2,1H3,(H,27,28). The summed E-state index contributed by atoms with van der Waals surface area (Å²) in [5.41, 5.74) is 1.72. The number of hydrogen-bond donors (Lipinski definition) is 3. The number of benzene rings is 2. The number of unbranched alkanes of at least 4 members (excludes halogenated alkanes) is 1. The number of aromatic carboxylic acids is 1. The fraction of sp³-hybridized carbons (Fsp3) is 0.286. The number of carbonyl (C=O) groups excluding carboxylic acids is 2. The van der Waals surface area contributed by atoms with Crippen LogP contribution in [0.2, 0.25) is 0 Å². The molecule has 2 aromatic rings. The molecule has 0 aromatic heterocycles. The van der Waals surface area contributed by atoms with Crippen LogP contribution < -0.4 is 10.2 Å².